The van der Waals surface area contributed by atoms with Crippen LogP contribution >= 0.6 is 15.9 Å². The van der Waals surface area contributed by atoms with Crippen LogP contribution in [0.25, 0.3) is 0 Å². The average Bonchev–Trinajstić information content (AvgIpc) is 2.96. The molecule has 0 atom stereocenters. The van der Waals surface area contributed by atoms with Crippen molar-refractivity contribution in [2.45, 2.75) is 18.9 Å². The molecule has 0 heterocycles. The number of ether oxygens (including phenoxy) is 1. The van der Waals surface area contributed by atoms with E-state index in [9.17, 15) is 9.90 Å². The van der Waals surface area contributed by atoms with Gasteiger partial charge in [0.15, 0.2) is 0 Å². The maximum Gasteiger partial charge on any atom is 0.259 e. The first-order valence-corrected chi connectivity index (χ1v) is 5.58. The molecule has 0 spiro atoms. The lowest BCUT2D eigenvalue weighted by atomic mass is 10.1. The van der Waals surface area contributed by atoms with Gasteiger partial charge in [-0.25, -0.2) is 0 Å². The maximum absolute atomic E-state index is 12.0. The average molecular weight is 289 g/mol. The van der Waals surface area contributed by atoms with E-state index < -0.39 is 12.9 Å². The van der Waals surface area contributed by atoms with Crippen LogP contribution in [-0.4, -0.2) is 24.1 Å². The van der Waals surface area contributed by atoms with Gasteiger partial charge < -0.3 is 15.2 Å². The molecule has 86 valence electrons. The Kier molecular flexibility index (Phi) is 2.15. The van der Waals surface area contributed by atoms with Gasteiger partial charge in [0.25, 0.3) is 5.91 Å². The zero-order valence-electron chi connectivity index (χ0n) is 11.3. The van der Waals surface area contributed by atoms with E-state index in [1.165, 1.54) is 12.1 Å². The summed E-state index contributed by atoms with van der Waals surface area (Å²) in [7, 11) is -2.69. The predicted octanol–water partition coefficient (Wildman–Crippen LogP) is 2.06. The van der Waals surface area contributed by atoms with Crippen LogP contribution in [0.15, 0.2) is 16.6 Å². The molecule has 1 aliphatic rings. The maximum atomic E-state index is 12.0. The van der Waals surface area contributed by atoms with Crippen molar-refractivity contribution in [3.8, 4) is 11.5 Å². The van der Waals surface area contributed by atoms with Crippen molar-refractivity contribution in [2.75, 3.05) is 7.04 Å². The third kappa shape index (κ3) is 2.29. The van der Waals surface area contributed by atoms with Crippen LogP contribution in [0.2, 0.25) is 0 Å². The number of hydrogen-bond donors (Lipinski definition) is 2. The van der Waals surface area contributed by atoms with Gasteiger partial charge in [0.05, 0.1) is 11.2 Å². The molecule has 0 aromatic heterocycles. The SMILES string of the molecule is [2H]C([2H])([2H])Oc1cc(Br)cc(O)c1C(=O)NC1CC1. The van der Waals surface area contributed by atoms with Crippen molar-refractivity contribution in [3.63, 3.8) is 0 Å². The molecule has 16 heavy (non-hydrogen) atoms. The van der Waals surface area contributed by atoms with Crippen molar-refractivity contribution in [2.24, 2.45) is 0 Å². The topological polar surface area (TPSA) is 58.6 Å². The minimum atomic E-state index is -2.69. The predicted molar refractivity (Wildman–Crippen MR) is 62.8 cm³/mol. The Bertz CT molecular complexity index is 515. The smallest absolute Gasteiger partial charge is 0.259 e. The quantitative estimate of drug-likeness (QED) is 0.895. The van der Waals surface area contributed by atoms with Gasteiger partial charge in [-0.05, 0) is 25.0 Å². The molecule has 5 heteroatoms. The van der Waals surface area contributed by atoms with Crippen LogP contribution in [0.3, 0.4) is 0 Å². The Hall–Kier alpha value is -1.23. The first-order chi connectivity index (χ1) is 8.76. The molecule has 0 radical (unpaired) electrons. The molecule has 0 saturated heterocycles. The highest BCUT2D eigenvalue weighted by Gasteiger charge is 2.27. The zero-order valence-corrected chi connectivity index (χ0v) is 9.87. The van der Waals surface area contributed by atoms with Gasteiger partial charge >= 0.3 is 0 Å². The van der Waals surface area contributed by atoms with Crippen LogP contribution in [-0.2, 0) is 0 Å². The highest BCUT2D eigenvalue weighted by atomic mass is 79.9. The number of rotatable bonds is 3. The molecule has 1 aliphatic carbocycles. The van der Waals surface area contributed by atoms with E-state index in [4.69, 9.17) is 8.85 Å². The summed E-state index contributed by atoms with van der Waals surface area (Å²) < 4.78 is 26.4. The minimum absolute atomic E-state index is 0.0937. The lowest BCUT2D eigenvalue weighted by Crippen LogP contribution is -2.25. The van der Waals surface area contributed by atoms with E-state index in [-0.39, 0.29) is 23.1 Å². The van der Waals surface area contributed by atoms with E-state index in [2.05, 4.69) is 21.2 Å². The van der Waals surface area contributed by atoms with E-state index in [0.717, 1.165) is 12.8 Å². The van der Waals surface area contributed by atoms with Gasteiger partial charge in [0, 0.05) is 10.5 Å². The number of aromatic hydroxyl groups is 1. The number of nitrogens with one attached hydrogen (secondary N) is 1. The normalized spacial score (nSPS) is 18.2. The largest absolute Gasteiger partial charge is 0.507 e. The Labute approximate surface area is 106 Å². The number of phenols is 1. The van der Waals surface area contributed by atoms with Gasteiger partial charge in [-0.15, -0.1) is 0 Å². The van der Waals surface area contributed by atoms with E-state index in [1.54, 1.807) is 0 Å². The fourth-order valence-electron chi connectivity index (χ4n) is 1.36. The second kappa shape index (κ2) is 4.33. The molecule has 1 saturated carbocycles. The van der Waals surface area contributed by atoms with Crippen LogP contribution < -0.4 is 10.1 Å². The van der Waals surface area contributed by atoms with E-state index in [0.29, 0.717) is 4.47 Å². The summed E-state index contributed by atoms with van der Waals surface area (Å²) in [6, 6.07) is 2.75. The van der Waals surface area contributed by atoms with Crippen molar-refractivity contribution < 1.29 is 18.8 Å². The van der Waals surface area contributed by atoms with Gasteiger partial charge in [0.2, 0.25) is 0 Å². The highest BCUT2D eigenvalue weighted by Crippen LogP contribution is 2.32. The second-order valence-corrected chi connectivity index (χ2v) is 4.56. The first-order valence-electron chi connectivity index (χ1n) is 6.28. The zero-order chi connectivity index (χ0) is 14.2. The van der Waals surface area contributed by atoms with Crippen molar-refractivity contribution in [1.82, 2.24) is 5.32 Å². The number of amides is 1. The Morgan fingerprint density at radius 2 is 2.44 bits per heavy atom. The molecular formula is C11H12BrNO3. The van der Waals surface area contributed by atoms with Crippen molar-refractivity contribution in [1.29, 1.82) is 0 Å². The van der Waals surface area contributed by atoms with Gasteiger partial charge in [-0.1, -0.05) is 15.9 Å². The summed E-state index contributed by atoms with van der Waals surface area (Å²) in [4.78, 5) is 12.0. The van der Waals surface area contributed by atoms with Gasteiger partial charge in [-0.3, -0.25) is 4.79 Å². The number of hydrogen-bond acceptors (Lipinski definition) is 3. The van der Waals surface area contributed by atoms with E-state index in [1.807, 2.05) is 0 Å². The Balaban J connectivity index is 2.35. The summed E-state index contributed by atoms with van der Waals surface area (Å²) in [6.45, 7) is 0. The Morgan fingerprint density at radius 1 is 1.69 bits per heavy atom. The van der Waals surface area contributed by atoms with Gasteiger partial charge in [-0.2, -0.15) is 0 Å². The molecule has 4 nitrogen and oxygen atoms in total. The molecule has 0 unspecified atom stereocenters. The third-order valence-corrected chi connectivity index (χ3v) is 2.75. The lowest BCUT2D eigenvalue weighted by Gasteiger charge is -2.11. The highest BCUT2D eigenvalue weighted by molar-refractivity contribution is 9.10. The summed E-state index contributed by atoms with van der Waals surface area (Å²) in [5.74, 6) is -1.04. The van der Waals surface area contributed by atoms with Gasteiger partial charge in [0.1, 0.15) is 17.1 Å². The number of carbonyl (C=O) groups is 1. The second-order valence-electron chi connectivity index (χ2n) is 3.65. The number of halogens is 1. The van der Waals surface area contributed by atoms with Crippen LogP contribution in [0.5, 0.6) is 11.5 Å². The monoisotopic (exact) mass is 288 g/mol. The minimum Gasteiger partial charge on any atom is -0.507 e. The Morgan fingerprint density at radius 3 is 3.06 bits per heavy atom. The molecule has 2 N–H and O–H groups in total. The third-order valence-electron chi connectivity index (χ3n) is 2.30. The summed E-state index contributed by atoms with van der Waals surface area (Å²) >= 11 is 3.11. The number of phenolic OH excluding ortho intramolecular Hbond substituents is 1. The molecule has 0 bridgehead atoms. The summed E-state index contributed by atoms with van der Waals surface area (Å²) in [5, 5.41) is 12.5. The number of carbonyl (C=O) groups excluding carboxylic acids is 1. The molecule has 1 aromatic carbocycles. The van der Waals surface area contributed by atoms with Crippen LogP contribution in [0.1, 0.15) is 27.3 Å². The van der Waals surface area contributed by atoms with E-state index >= 15 is 0 Å². The fourth-order valence-corrected chi connectivity index (χ4v) is 1.79. The lowest BCUT2D eigenvalue weighted by molar-refractivity contribution is 0.0945. The summed E-state index contributed by atoms with van der Waals surface area (Å²) in [5.41, 5.74) is -0.161. The van der Waals surface area contributed by atoms with Crippen molar-refractivity contribution in [3.05, 3.63) is 22.2 Å². The van der Waals surface area contributed by atoms with Crippen molar-refractivity contribution >= 4 is 21.8 Å². The standard InChI is InChI=1S/C11H12BrNO3/c1-16-9-5-6(12)4-8(14)10(9)11(15)13-7-2-3-7/h4-5,7,14H,2-3H2,1H3,(H,13,15)/i1D3. The fraction of sp³-hybridized carbons (Fsp3) is 0.364. The number of methoxy groups -OCH3 is 1. The van der Waals surface area contributed by atoms with Crippen LogP contribution in [0.4, 0.5) is 0 Å². The molecule has 1 amide bonds. The van der Waals surface area contributed by atoms with Crippen LogP contribution in [0, 0.1) is 0 Å². The molecule has 2 rings (SSSR count). The molecule has 1 fully saturated rings. The molecular weight excluding hydrogens is 274 g/mol. The molecule has 0 aliphatic heterocycles. The first kappa shape index (κ1) is 7.95. The number of benzene rings is 1. The summed E-state index contributed by atoms with van der Waals surface area (Å²) in [6.07, 6.45) is 1.77. The molecule has 1 aromatic rings.